The van der Waals surface area contributed by atoms with Crippen LogP contribution in [0.4, 0.5) is 5.69 Å². The minimum atomic E-state index is -1.04. The average molecular weight is 504 g/mol. The zero-order chi connectivity index (χ0) is 26.7. The summed E-state index contributed by atoms with van der Waals surface area (Å²) >= 11 is 0. The fraction of sp³-hybridized carbons (Fsp3) is 0.179. The van der Waals surface area contributed by atoms with E-state index in [0.29, 0.717) is 28.3 Å². The summed E-state index contributed by atoms with van der Waals surface area (Å²) < 4.78 is 15.3. The monoisotopic (exact) mass is 503 g/mol. The Morgan fingerprint density at radius 2 is 1.62 bits per heavy atom. The van der Waals surface area contributed by atoms with Crippen LogP contribution in [0.2, 0.25) is 0 Å². The number of hydrogen-bond acceptors (Lipinski definition) is 8. The lowest BCUT2D eigenvalue weighted by Gasteiger charge is -2.25. The van der Waals surface area contributed by atoms with E-state index < -0.39 is 29.5 Å². The Labute approximate surface area is 213 Å². The number of carbonyl (C=O) groups is 3. The van der Waals surface area contributed by atoms with Gasteiger partial charge in [-0.05, 0) is 53.6 Å². The van der Waals surface area contributed by atoms with Crippen LogP contribution in [0.5, 0.6) is 17.2 Å². The molecular weight excluding hydrogens is 478 g/mol. The Hall–Kier alpha value is -4.79. The van der Waals surface area contributed by atoms with Crippen LogP contribution in [-0.2, 0) is 25.5 Å². The first-order chi connectivity index (χ1) is 17.8. The highest BCUT2D eigenvalue weighted by atomic mass is 16.5. The number of phenolic OH excluding ortho intramolecular Hbond substituents is 1. The van der Waals surface area contributed by atoms with Crippen LogP contribution in [0.15, 0.2) is 72.3 Å². The molecule has 9 nitrogen and oxygen atoms in total. The Bertz CT molecular complexity index is 1390. The summed E-state index contributed by atoms with van der Waals surface area (Å²) in [6.07, 6.45) is 0.0465. The standard InChI is InChI=1S/C28H25NO8/c1-35-21-12-9-18(15-22(21)36-2)26(32)24-25(17-5-4-6-20(30)14-17)29(28(34)27(24)33)19-10-7-16(8-11-19)13-23(31)37-3/h4-12,14-15,25,30,32H,13H2,1-3H3/b26-24-. The van der Waals surface area contributed by atoms with Crippen LogP contribution in [0.25, 0.3) is 5.76 Å². The fourth-order valence-corrected chi connectivity index (χ4v) is 4.26. The van der Waals surface area contributed by atoms with E-state index in [1.54, 1.807) is 48.5 Å². The third-order valence-corrected chi connectivity index (χ3v) is 6.08. The SMILES string of the molecule is COC(=O)Cc1ccc(N2C(=O)C(=O)/C(=C(\O)c3ccc(OC)c(OC)c3)C2c2cccc(O)c2)cc1. The van der Waals surface area contributed by atoms with Crippen LogP contribution >= 0.6 is 0 Å². The summed E-state index contributed by atoms with van der Waals surface area (Å²) in [7, 11) is 4.21. The first-order valence-corrected chi connectivity index (χ1v) is 11.3. The van der Waals surface area contributed by atoms with E-state index in [1.807, 2.05) is 0 Å². The second-order valence-electron chi connectivity index (χ2n) is 8.25. The number of nitrogens with zero attached hydrogens (tertiary/aromatic N) is 1. The Kier molecular flexibility index (Phi) is 7.15. The van der Waals surface area contributed by atoms with Crippen molar-refractivity contribution < 1.29 is 38.8 Å². The summed E-state index contributed by atoms with van der Waals surface area (Å²) in [5, 5.41) is 21.4. The molecule has 3 aromatic rings. The van der Waals surface area contributed by atoms with Crippen LogP contribution in [0, 0.1) is 0 Å². The number of aliphatic hydroxyl groups is 1. The molecule has 1 aliphatic rings. The third kappa shape index (κ3) is 4.84. The number of aromatic hydroxyl groups is 1. The van der Waals surface area contributed by atoms with E-state index in [1.165, 1.54) is 44.4 Å². The number of anilines is 1. The van der Waals surface area contributed by atoms with Crippen LogP contribution in [-0.4, -0.2) is 49.2 Å². The van der Waals surface area contributed by atoms with Gasteiger partial charge in [-0.15, -0.1) is 0 Å². The number of amides is 1. The van der Waals surface area contributed by atoms with Gasteiger partial charge in [0.15, 0.2) is 11.5 Å². The second kappa shape index (κ2) is 10.4. The molecule has 3 aromatic carbocycles. The molecule has 2 N–H and O–H groups in total. The largest absolute Gasteiger partial charge is 0.508 e. The molecule has 0 aliphatic carbocycles. The van der Waals surface area contributed by atoms with E-state index in [9.17, 15) is 24.6 Å². The molecule has 4 rings (SSSR count). The number of Topliss-reactive ketones (excluding diaryl/α,β-unsaturated/α-hetero) is 1. The lowest BCUT2D eigenvalue weighted by atomic mass is 9.94. The highest BCUT2D eigenvalue weighted by Gasteiger charge is 2.47. The van der Waals surface area contributed by atoms with E-state index in [2.05, 4.69) is 0 Å². The maximum atomic E-state index is 13.3. The molecule has 9 heteroatoms. The lowest BCUT2D eigenvalue weighted by molar-refractivity contribution is -0.139. The fourth-order valence-electron chi connectivity index (χ4n) is 4.26. The molecule has 0 spiro atoms. The number of ether oxygens (including phenoxy) is 3. The molecule has 1 saturated heterocycles. The minimum absolute atomic E-state index is 0.0465. The molecular formula is C28H25NO8. The number of ketones is 1. The zero-order valence-corrected chi connectivity index (χ0v) is 20.4. The van der Waals surface area contributed by atoms with Gasteiger partial charge in [0.2, 0.25) is 0 Å². The lowest BCUT2D eigenvalue weighted by Crippen LogP contribution is -2.29. The number of benzene rings is 3. The predicted molar refractivity (Wildman–Crippen MR) is 135 cm³/mol. The smallest absolute Gasteiger partial charge is 0.309 e. The quantitative estimate of drug-likeness (QED) is 0.216. The van der Waals surface area contributed by atoms with Gasteiger partial charge in [0, 0.05) is 11.3 Å². The maximum absolute atomic E-state index is 13.3. The zero-order valence-electron chi connectivity index (χ0n) is 20.4. The number of phenols is 1. The number of esters is 1. The molecule has 0 radical (unpaired) electrons. The van der Waals surface area contributed by atoms with Gasteiger partial charge >= 0.3 is 5.97 Å². The van der Waals surface area contributed by atoms with E-state index in [0.717, 1.165) is 0 Å². The van der Waals surface area contributed by atoms with Crippen molar-refractivity contribution in [1.29, 1.82) is 0 Å². The summed E-state index contributed by atoms with van der Waals surface area (Å²) in [5.41, 5.74) is 1.54. The van der Waals surface area contributed by atoms with E-state index >= 15 is 0 Å². The van der Waals surface area contributed by atoms with Crippen LogP contribution < -0.4 is 14.4 Å². The van der Waals surface area contributed by atoms with Crippen molar-refractivity contribution in [3.63, 3.8) is 0 Å². The van der Waals surface area contributed by atoms with Crippen molar-refractivity contribution >= 4 is 29.1 Å². The Morgan fingerprint density at radius 1 is 0.919 bits per heavy atom. The Morgan fingerprint density at radius 3 is 2.24 bits per heavy atom. The Balaban J connectivity index is 1.86. The molecule has 1 heterocycles. The van der Waals surface area contributed by atoms with Gasteiger partial charge in [-0.3, -0.25) is 19.3 Å². The minimum Gasteiger partial charge on any atom is -0.508 e. The van der Waals surface area contributed by atoms with Crippen molar-refractivity contribution in [3.05, 3.63) is 89.0 Å². The number of hydrogen-bond donors (Lipinski definition) is 2. The van der Waals surface area contributed by atoms with Gasteiger partial charge in [0.05, 0.1) is 39.4 Å². The highest BCUT2D eigenvalue weighted by molar-refractivity contribution is 6.51. The molecule has 1 amide bonds. The van der Waals surface area contributed by atoms with Crippen LogP contribution in [0.1, 0.15) is 22.7 Å². The summed E-state index contributed by atoms with van der Waals surface area (Å²) in [6, 6.07) is 16.2. The van der Waals surface area contributed by atoms with Crippen molar-refractivity contribution in [3.8, 4) is 17.2 Å². The average Bonchev–Trinajstić information content (AvgIpc) is 3.18. The molecule has 1 unspecified atom stereocenters. The molecule has 1 fully saturated rings. The van der Waals surface area contributed by atoms with Crippen molar-refractivity contribution in [2.45, 2.75) is 12.5 Å². The predicted octanol–water partition coefficient (Wildman–Crippen LogP) is 3.75. The van der Waals surface area contributed by atoms with Crippen molar-refractivity contribution in [2.75, 3.05) is 26.2 Å². The molecule has 0 aromatic heterocycles. The van der Waals surface area contributed by atoms with Crippen molar-refractivity contribution in [1.82, 2.24) is 0 Å². The number of methoxy groups -OCH3 is 3. The topological polar surface area (TPSA) is 123 Å². The van der Waals surface area contributed by atoms with Gasteiger partial charge in [-0.25, -0.2) is 0 Å². The van der Waals surface area contributed by atoms with Gasteiger partial charge in [0.1, 0.15) is 11.5 Å². The number of carbonyl (C=O) groups excluding carboxylic acids is 3. The van der Waals surface area contributed by atoms with Crippen molar-refractivity contribution in [2.24, 2.45) is 0 Å². The third-order valence-electron chi connectivity index (χ3n) is 6.08. The highest BCUT2D eigenvalue weighted by Crippen LogP contribution is 2.43. The van der Waals surface area contributed by atoms with Gasteiger partial charge < -0.3 is 24.4 Å². The summed E-state index contributed by atoms with van der Waals surface area (Å²) in [5.74, 6) is -1.87. The number of rotatable bonds is 7. The molecule has 1 atom stereocenters. The second-order valence-corrected chi connectivity index (χ2v) is 8.25. The molecule has 190 valence electrons. The molecule has 37 heavy (non-hydrogen) atoms. The first kappa shape index (κ1) is 25.3. The molecule has 0 bridgehead atoms. The van der Waals surface area contributed by atoms with Gasteiger partial charge in [-0.2, -0.15) is 0 Å². The van der Waals surface area contributed by atoms with Gasteiger partial charge in [-0.1, -0.05) is 24.3 Å². The maximum Gasteiger partial charge on any atom is 0.309 e. The van der Waals surface area contributed by atoms with E-state index in [-0.39, 0.29) is 23.3 Å². The van der Waals surface area contributed by atoms with Gasteiger partial charge in [0.25, 0.3) is 11.7 Å². The van der Waals surface area contributed by atoms with E-state index in [4.69, 9.17) is 14.2 Å². The summed E-state index contributed by atoms with van der Waals surface area (Å²) in [4.78, 5) is 39.5. The normalized spacial score (nSPS) is 16.5. The number of aliphatic hydroxyl groups excluding tert-OH is 1. The first-order valence-electron chi connectivity index (χ1n) is 11.3. The molecule has 0 saturated carbocycles. The summed E-state index contributed by atoms with van der Waals surface area (Å²) in [6.45, 7) is 0. The molecule has 1 aliphatic heterocycles. The van der Waals surface area contributed by atoms with Crippen LogP contribution in [0.3, 0.4) is 0 Å².